The van der Waals surface area contributed by atoms with E-state index in [9.17, 15) is 13.2 Å². The maximum Gasteiger partial charge on any atom is 0.273 e. The van der Waals surface area contributed by atoms with Gasteiger partial charge in [-0.15, -0.1) is 0 Å². The Bertz CT molecular complexity index is 1330. The first kappa shape index (κ1) is 28.5. The van der Waals surface area contributed by atoms with Crippen LogP contribution < -0.4 is 10.8 Å². The van der Waals surface area contributed by atoms with Gasteiger partial charge in [0.1, 0.15) is 5.70 Å². The van der Waals surface area contributed by atoms with E-state index in [1.165, 1.54) is 6.26 Å². The van der Waals surface area contributed by atoms with Crippen molar-refractivity contribution in [3.63, 3.8) is 0 Å². The fourth-order valence-corrected chi connectivity index (χ4v) is 6.84. The van der Waals surface area contributed by atoms with Crippen LogP contribution in [-0.2, 0) is 19.5 Å². The van der Waals surface area contributed by atoms with Crippen LogP contribution in [-0.4, -0.2) is 80.8 Å². The molecule has 1 saturated heterocycles. The molecule has 0 radical (unpaired) electrons. The predicted molar refractivity (Wildman–Crippen MR) is 153 cm³/mol. The molecule has 4 aliphatic rings. The number of amides is 1. The van der Waals surface area contributed by atoms with E-state index in [0.717, 1.165) is 36.8 Å². The molecule has 9 nitrogen and oxygen atoms in total. The Morgan fingerprint density at radius 2 is 2.08 bits per heavy atom. The first-order valence-electron chi connectivity index (χ1n) is 13.1. The molecule has 2 unspecified atom stereocenters. The quantitative estimate of drug-likeness (QED) is 0.351. The van der Waals surface area contributed by atoms with E-state index < -0.39 is 27.6 Å². The molecule has 0 aromatic heterocycles. The Hall–Kier alpha value is -1.99. The smallest absolute Gasteiger partial charge is 0.273 e. The second-order valence-corrected chi connectivity index (χ2v) is 14.2. The number of carbonyl (C=O) groups is 1. The van der Waals surface area contributed by atoms with Gasteiger partial charge in [0.2, 0.25) is 0 Å². The molecule has 5 rings (SSSR count). The van der Waals surface area contributed by atoms with Crippen molar-refractivity contribution in [1.82, 2.24) is 15.3 Å². The van der Waals surface area contributed by atoms with Crippen molar-refractivity contribution < 1.29 is 22.4 Å². The summed E-state index contributed by atoms with van der Waals surface area (Å²) in [6.45, 7) is 3.05. The number of carbonyl (C=O) groups excluding carboxylic acids is 1. The van der Waals surface area contributed by atoms with Gasteiger partial charge in [-0.25, -0.2) is 23.3 Å². The molecule has 1 aromatic rings. The molecular weight excluding hydrogens is 613 g/mol. The van der Waals surface area contributed by atoms with Crippen LogP contribution in [0.2, 0.25) is 5.02 Å². The summed E-state index contributed by atoms with van der Waals surface area (Å²) in [7, 11) is -3.04. The Balaban J connectivity index is 1.28. The Kier molecular flexibility index (Phi) is 8.68. The Labute approximate surface area is 241 Å². The third-order valence-corrected chi connectivity index (χ3v) is 9.98. The van der Waals surface area contributed by atoms with Gasteiger partial charge in [0.05, 0.1) is 40.6 Å². The summed E-state index contributed by atoms with van der Waals surface area (Å²) in [6.07, 6.45) is 6.70. The zero-order valence-electron chi connectivity index (χ0n) is 21.6. The molecule has 1 aromatic carbocycles. The third kappa shape index (κ3) is 6.84. The number of hydroxylamine groups is 1. The highest BCUT2D eigenvalue weighted by molar-refractivity contribution is 9.10. The van der Waals surface area contributed by atoms with E-state index in [2.05, 4.69) is 36.6 Å². The van der Waals surface area contributed by atoms with Crippen molar-refractivity contribution >= 4 is 55.3 Å². The van der Waals surface area contributed by atoms with Crippen molar-refractivity contribution in [3.8, 4) is 0 Å². The van der Waals surface area contributed by atoms with Crippen molar-refractivity contribution in [2.75, 3.05) is 44.4 Å². The molecule has 212 valence electrons. The second kappa shape index (κ2) is 11.9. The van der Waals surface area contributed by atoms with Crippen molar-refractivity contribution in [2.24, 2.45) is 10.9 Å². The molecule has 1 saturated carbocycles. The third-order valence-electron chi connectivity index (χ3n) is 7.58. The SMILES string of the molecule is CS(=O)(=O)C1CCN(CCCN2C=NC3=C(F)C(Nc4ccc(Br)cc4Cl)=C(C(=O)NOCC4CC4)CC32)C1. The number of nitrogens with zero attached hydrogens (tertiary/aromatic N) is 3. The Morgan fingerprint density at radius 3 is 2.77 bits per heavy atom. The fraction of sp³-hybridized carbons (Fsp3) is 0.538. The van der Waals surface area contributed by atoms with Gasteiger partial charge < -0.3 is 15.1 Å². The topological polar surface area (TPSA) is 103 Å². The lowest BCUT2D eigenvalue weighted by atomic mass is 9.93. The largest absolute Gasteiger partial charge is 0.353 e. The summed E-state index contributed by atoms with van der Waals surface area (Å²) in [5.74, 6) is -0.654. The highest BCUT2D eigenvalue weighted by Gasteiger charge is 2.39. The molecule has 1 amide bonds. The van der Waals surface area contributed by atoms with Crippen molar-refractivity contribution in [2.45, 2.75) is 43.4 Å². The van der Waals surface area contributed by atoms with E-state index >= 15 is 4.39 Å². The number of sulfone groups is 1. The van der Waals surface area contributed by atoms with Crippen molar-refractivity contribution in [1.29, 1.82) is 0 Å². The minimum atomic E-state index is -3.04. The minimum absolute atomic E-state index is 0.0286. The molecule has 2 heterocycles. The van der Waals surface area contributed by atoms with Crippen LogP contribution in [0.1, 0.15) is 32.1 Å². The first-order chi connectivity index (χ1) is 18.6. The van der Waals surface area contributed by atoms with Crippen LogP contribution >= 0.6 is 27.5 Å². The zero-order valence-corrected chi connectivity index (χ0v) is 24.8. The molecule has 2 aliphatic heterocycles. The van der Waals surface area contributed by atoms with Crippen molar-refractivity contribution in [3.05, 3.63) is 50.5 Å². The average molecular weight is 645 g/mol. The molecule has 2 fully saturated rings. The standard InChI is InChI=1S/C26H32BrClFN5O4S/c1-39(36,37)18-7-10-33(13-18)8-2-9-34-15-30-25-22(34)12-19(26(35)32-38-14-16-3-4-16)24(23(25)29)31-21-6-5-17(27)11-20(21)28/h5-6,11,15-16,18,22,31H,2-4,7-10,12-14H2,1H3,(H,32,35). The summed E-state index contributed by atoms with van der Waals surface area (Å²) in [5.41, 5.74) is 3.47. The van der Waals surface area contributed by atoms with Gasteiger partial charge in [-0.2, -0.15) is 0 Å². The van der Waals surface area contributed by atoms with Crippen LogP contribution in [0.3, 0.4) is 0 Å². The van der Waals surface area contributed by atoms with Crippen LogP contribution in [0.4, 0.5) is 10.1 Å². The van der Waals surface area contributed by atoms with E-state index in [1.54, 1.807) is 24.5 Å². The number of likely N-dealkylation sites (tertiary alicyclic amines) is 1. The highest BCUT2D eigenvalue weighted by Crippen LogP contribution is 2.39. The number of allylic oxidation sites excluding steroid dienone is 1. The number of anilines is 1. The molecule has 2 N–H and O–H groups in total. The van der Waals surface area contributed by atoms with E-state index in [-0.39, 0.29) is 28.6 Å². The molecule has 39 heavy (non-hydrogen) atoms. The number of rotatable bonds is 11. The van der Waals surface area contributed by atoms with Crippen LogP contribution in [0.15, 0.2) is 50.5 Å². The average Bonchev–Trinajstić information content (AvgIpc) is 3.40. The maximum atomic E-state index is 15.9. The van der Waals surface area contributed by atoms with E-state index in [0.29, 0.717) is 42.7 Å². The second-order valence-electron chi connectivity index (χ2n) is 10.6. The minimum Gasteiger partial charge on any atom is -0.353 e. The van der Waals surface area contributed by atoms with Crippen LogP contribution in [0.5, 0.6) is 0 Å². The Morgan fingerprint density at radius 1 is 1.28 bits per heavy atom. The summed E-state index contributed by atoms with van der Waals surface area (Å²) in [4.78, 5) is 27.1. The molecule has 2 aliphatic carbocycles. The summed E-state index contributed by atoms with van der Waals surface area (Å²) < 4.78 is 40.4. The highest BCUT2D eigenvalue weighted by atomic mass is 79.9. The lowest BCUT2D eigenvalue weighted by Gasteiger charge is -2.30. The van der Waals surface area contributed by atoms with Crippen LogP contribution in [0, 0.1) is 5.92 Å². The van der Waals surface area contributed by atoms with E-state index in [4.69, 9.17) is 16.4 Å². The summed E-state index contributed by atoms with van der Waals surface area (Å²) in [6, 6.07) is 4.74. The maximum absolute atomic E-state index is 15.9. The number of aliphatic imine (C=N–C) groups is 1. The first-order valence-corrected chi connectivity index (χ1v) is 16.2. The predicted octanol–water partition coefficient (Wildman–Crippen LogP) is 4.03. The van der Waals surface area contributed by atoms with Gasteiger partial charge in [-0.3, -0.25) is 9.63 Å². The van der Waals surface area contributed by atoms with Gasteiger partial charge in [-0.1, -0.05) is 27.5 Å². The number of nitrogens with one attached hydrogen (secondary N) is 2. The fourth-order valence-electron chi connectivity index (χ4n) is 5.11. The number of hydrogen-bond acceptors (Lipinski definition) is 8. The molecular formula is C26H32BrClFN5O4S. The van der Waals surface area contributed by atoms with Gasteiger partial charge in [0.15, 0.2) is 15.7 Å². The van der Waals surface area contributed by atoms with Gasteiger partial charge in [-0.05, 0) is 62.9 Å². The number of fused-ring (bicyclic) bond motifs is 1. The number of benzene rings is 1. The lowest BCUT2D eigenvalue weighted by Crippen LogP contribution is -2.39. The van der Waals surface area contributed by atoms with Gasteiger partial charge in [0, 0.05) is 35.8 Å². The number of hydrogen-bond donors (Lipinski definition) is 2. The number of halogens is 3. The lowest BCUT2D eigenvalue weighted by molar-refractivity contribution is -0.130. The monoisotopic (exact) mass is 643 g/mol. The summed E-state index contributed by atoms with van der Waals surface area (Å²) >= 11 is 9.74. The molecule has 0 bridgehead atoms. The molecule has 0 spiro atoms. The zero-order chi connectivity index (χ0) is 27.7. The van der Waals surface area contributed by atoms with E-state index in [1.807, 2.05) is 4.90 Å². The molecule has 2 atom stereocenters. The van der Waals surface area contributed by atoms with Crippen LogP contribution in [0.25, 0.3) is 0 Å². The van der Waals surface area contributed by atoms with Gasteiger partial charge >= 0.3 is 0 Å². The van der Waals surface area contributed by atoms with Gasteiger partial charge in [0.25, 0.3) is 5.91 Å². The molecule has 13 heteroatoms. The summed E-state index contributed by atoms with van der Waals surface area (Å²) in [5, 5.41) is 3.08. The normalized spacial score (nSPS) is 23.5.